The Morgan fingerprint density at radius 1 is 1.16 bits per heavy atom. The molecule has 174 valence electrons. The third kappa shape index (κ3) is 4.25. The molecule has 1 amide bonds. The van der Waals surface area contributed by atoms with Crippen molar-refractivity contribution in [3.05, 3.63) is 35.2 Å². The fourth-order valence-corrected chi connectivity index (χ4v) is 4.22. The first kappa shape index (κ1) is 22.4. The predicted molar refractivity (Wildman–Crippen MR) is 99.8 cm³/mol. The number of amides is 1. The Morgan fingerprint density at radius 3 is 2.53 bits per heavy atom. The van der Waals surface area contributed by atoms with Gasteiger partial charge in [0.15, 0.2) is 5.82 Å². The van der Waals surface area contributed by atoms with Gasteiger partial charge in [0.25, 0.3) is 0 Å². The Balaban J connectivity index is 1.61. The maximum atomic E-state index is 13.5. The van der Waals surface area contributed by atoms with Gasteiger partial charge in [0, 0.05) is 42.9 Å². The van der Waals surface area contributed by atoms with Crippen molar-refractivity contribution in [1.29, 1.82) is 0 Å². The lowest BCUT2D eigenvalue weighted by Crippen LogP contribution is -2.36. The molecule has 0 aliphatic carbocycles. The summed E-state index contributed by atoms with van der Waals surface area (Å²) < 4.78 is 78.7. The monoisotopic (exact) mass is 463 g/mol. The van der Waals surface area contributed by atoms with Gasteiger partial charge in [-0.2, -0.15) is 31.4 Å². The van der Waals surface area contributed by atoms with E-state index in [1.807, 2.05) is 0 Å². The molecule has 1 fully saturated rings. The Hall–Kier alpha value is -2.83. The lowest BCUT2D eigenvalue weighted by molar-refractivity contribution is -0.202. The van der Waals surface area contributed by atoms with Crippen molar-refractivity contribution in [1.82, 2.24) is 15.2 Å². The number of hydrogen-bond acceptors (Lipinski definition) is 5. The van der Waals surface area contributed by atoms with Crippen LogP contribution in [0.4, 0.5) is 38.0 Å². The van der Waals surface area contributed by atoms with Gasteiger partial charge in [-0.05, 0) is 25.0 Å². The highest BCUT2D eigenvalue weighted by Crippen LogP contribution is 2.45. The number of aromatic amines is 1. The summed E-state index contributed by atoms with van der Waals surface area (Å²) in [6.45, 7) is 0.736. The number of aromatic nitrogens is 3. The predicted octanol–water partition coefficient (Wildman–Crippen LogP) is 3.76. The summed E-state index contributed by atoms with van der Waals surface area (Å²) in [5.74, 6) is -3.43. The van der Waals surface area contributed by atoms with Gasteiger partial charge in [-0.3, -0.25) is 9.89 Å². The van der Waals surface area contributed by atoms with Crippen molar-refractivity contribution in [2.45, 2.75) is 43.6 Å². The van der Waals surface area contributed by atoms with Crippen LogP contribution in [-0.2, 0) is 11.0 Å². The lowest BCUT2D eigenvalue weighted by atomic mass is 9.87. The van der Waals surface area contributed by atoms with Crippen LogP contribution >= 0.6 is 0 Å². The van der Waals surface area contributed by atoms with E-state index in [1.54, 1.807) is 4.90 Å². The molecular formula is C19H19F6N5O2. The summed E-state index contributed by atoms with van der Waals surface area (Å²) >= 11 is 0. The highest BCUT2D eigenvalue weighted by Gasteiger charge is 2.49. The molecule has 2 aromatic rings. The van der Waals surface area contributed by atoms with E-state index in [9.17, 15) is 36.2 Å². The van der Waals surface area contributed by atoms with Crippen LogP contribution in [0, 0.1) is 5.92 Å². The number of rotatable bonds is 2. The molecule has 0 saturated carbocycles. The molecule has 3 unspecified atom stereocenters. The molecule has 0 radical (unpaired) electrons. The summed E-state index contributed by atoms with van der Waals surface area (Å²) in [6, 6.07) is 2.16. The Bertz CT molecular complexity index is 988. The van der Waals surface area contributed by atoms with Crippen LogP contribution in [0.2, 0.25) is 0 Å². The number of fused-ring (bicyclic) bond motifs is 1. The van der Waals surface area contributed by atoms with E-state index in [0.717, 1.165) is 12.3 Å². The number of halogens is 6. The highest BCUT2D eigenvalue weighted by molar-refractivity contribution is 5.92. The van der Waals surface area contributed by atoms with Gasteiger partial charge in [-0.15, -0.1) is 0 Å². The number of hydrogen-bond donors (Lipinski definition) is 3. The van der Waals surface area contributed by atoms with Gasteiger partial charge in [0.1, 0.15) is 5.82 Å². The Morgan fingerprint density at radius 2 is 1.91 bits per heavy atom. The van der Waals surface area contributed by atoms with E-state index < -0.39 is 48.2 Å². The topological polar surface area (TPSA) is 94.1 Å². The first-order valence-electron chi connectivity index (χ1n) is 9.86. The number of nitrogens with zero attached hydrogens (tertiary/aromatic N) is 3. The molecule has 0 spiro atoms. The van der Waals surface area contributed by atoms with E-state index >= 15 is 0 Å². The second-order valence-electron chi connectivity index (χ2n) is 7.93. The third-order valence-electron chi connectivity index (χ3n) is 5.82. The first-order chi connectivity index (χ1) is 14.9. The fraction of sp³-hybridized carbons (Fsp3) is 0.526. The van der Waals surface area contributed by atoms with Gasteiger partial charge < -0.3 is 15.3 Å². The number of carbonyl (C=O) groups excluding carboxylic acids is 1. The maximum Gasteiger partial charge on any atom is 0.417 e. The molecule has 32 heavy (non-hydrogen) atoms. The molecular weight excluding hydrogens is 444 g/mol. The number of piperidine rings is 1. The van der Waals surface area contributed by atoms with Gasteiger partial charge >= 0.3 is 12.4 Å². The largest absolute Gasteiger partial charge is 0.417 e. The SMILES string of the molecule is O=C1CC(C(F)(F)F)C(O)c2c(n[nH]c2C2CCCN(c3ccc(C(F)(F)F)cn3)C2)N1. The van der Waals surface area contributed by atoms with Crippen molar-refractivity contribution < 1.29 is 36.2 Å². The average Bonchev–Trinajstić information content (AvgIpc) is 3.08. The fourth-order valence-electron chi connectivity index (χ4n) is 4.22. The number of nitrogens with one attached hydrogen (secondary N) is 2. The summed E-state index contributed by atoms with van der Waals surface area (Å²) in [6.07, 6.45) is -10.4. The zero-order valence-corrected chi connectivity index (χ0v) is 16.5. The van der Waals surface area contributed by atoms with Crippen molar-refractivity contribution in [2.24, 2.45) is 5.92 Å². The number of alkyl halides is 6. The standard InChI is InChI=1S/C19H19F6N5O2/c20-18(21,22)10-3-4-12(26-7-10)30-5-1-2-9(8-30)15-14-16(32)11(19(23,24)25)6-13(31)27-17(14)29-28-15/h3-4,7,9,11,16,32H,1-2,5-6,8H2,(H2,27,28,29,31). The Kier molecular flexibility index (Phi) is 5.55. The molecule has 4 heterocycles. The number of pyridine rings is 1. The quantitative estimate of drug-likeness (QED) is 0.590. The molecule has 1 saturated heterocycles. The van der Waals surface area contributed by atoms with E-state index in [0.29, 0.717) is 25.2 Å². The summed E-state index contributed by atoms with van der Waals surface area (Å²) in [5.41, 5.74) is -0.725. The lowest BCUT2D eigenvalue weighted by Gasteiger charge is -2.34. The van der Waals surface area contributed by atoms with E-state index in [4.69, 9.17) is 0 Å². The zero-order chi connectivity index (χ0) is 23.3. The van der Waals surface area contributed by atoms with Crippen molar-refractivity contribution in [3.8, 4) is 0 Å². The van der Waals surface area contributed by atoms with Crippen LogP contribution in [0.15, 0.2) is 18.3 Å². The van der Waals surface area contributed by atoms with Crippen molar-refractivity contribution in [2.75, 3.05) is 23.3 Å². The molecule has 0 aromatic carbocycles. The van der Waals surface area contributed by atoms with E-state index in [-0.39, 0.29) is 23.6 Å². The second kappa shape index (κ2) is 7.94. The van der Waals surface area contributed by atoms with Crippen LogP contribution in [0.3, 0.4) is 0 Å². The maximum absolute atomic E-state index is 13.5. The summed E-state index contributed by atoms with van der Waals surface area (Å²) in [7, 11) is 0. The average molecular weight is 463 g/mol. The molecule has 4 rings (SSSR count). The summed E-state index contributed by atoms with van der Waals surface area (Å²) in [4.78, 5) is 17.5. The summed E-state index contributed by atoms with van der Waals surface area (Å²) in [5, 5.41) is 19.4. The number of aliphatic hydroxyl groups is 1. The van der Waals surface area contributed by atoms with Crippen LogP contribution < -0.4 is 10.2 Å². The zero-order valence-electron chi connectivity index (χ0n) is 16.5. The first-order valence-corrected chi connectivity index (χ1v) is 9.86. The van der Waals surface area contributed by atoms with Gasteiger partial charge in [0.2, 0.25) is 5.91 Å². The molecule has 2 aliphatic heterocycles. The molecule has 0 bridgehead atoms. The van der Waals surface area contributed by atoms with Crippen LogP contribution in [0.25, 0.3) is 0 Å². The van der Waals surface area contributed by atoms with E-state index in [1.165, 1.54) is 6.07 Å². The van der Waals surface area contributed by atoms with E-state index in [2.05, 4.69) is 20.5 Å². The molecule has 3 atom stereocenters. The molecule has 2 aliphatic rings. The molecule has 2 aromatic heterocycles. The number of carbonyl (C=O) groups is 1. The second-order valence-corrected chi connectivity index (χ2v) is 7.93. The number of aliphatic hydroxyl groups excluding tert-OH is 1. The van der Waals surface area contributed by atoms with Crippen LogP contribution in [-0.4, -0.2) is 45.5 Å². The van der Waals surface area contributed by atoms with Gasteiger partial charge in [0.05, 0.1) is 17.6 Å². The minimum atomic E-state index is -4.80. The molecule has 7 nitrogen and oxygen atoms in total. The number of H-pyrrole nitrogens is 1. The Labute approximate surface area is 177 Å². The van der Waals surface area contributed by atoms with Crippen LogP contribution in [0.1, 0.15) is 48.1 Å². The molecule has 3 N–H and O–H groups in total. The third-order valence-corrected chi connectivity index (χ3v) is 5.82. The van der Waals surface area contributed by atoms with Gasteiger partial charge in [-0.25, -0.2) is 4.98 Å². The number of anilines is 2. The van der Waals surface area contributed by atoms with Crippen molar-refractivity contribution >= 4 is 17.5 Å². The van der Waals surface area contributed by atoms with Crippen LogP contribution in [0.5, 0.6) is 0 Å². The minimum absolute atomic E-state index is 0.106. The smallest absolute Gasteiger partial charge is 0.388 e. The van der Waals surface area contributed by atoms with Crippen molar-refractivity contribution in [3.63, 3.8) is 0 Å². The minimum Gasteiger partial charge on any atom is -0.388 e. The highest BCUT2D eigenvalue weighted by atomic mass is 19.4. The molecule has 13 heteroatoms. The normalized spacial score (nSPS) is 24.7. The van der Waals surface area contributed by atoms with Gasteiger partial charge in [-0.1, -0.05) is 0 Å².